The van der Waals surface area contributed by atoms with E-state index in [9.17, 15) is 4.79 Å². The molecule has 4 rings (SSSR count). The van der Waals surface area contributed by atoms with Gasteiger partial charge in [0.2, 0.25) is 5.95 Å². The zero-order valence-corrected chi connectivity index (χ0v) is 17.4. The van der Waals surface area contributed by atoms with Gasteiger partial charge in [0.25, 0.3) is 5.91 Å². The highest BCUT2D eigenvalue weighted by atomic mass is 35.5. The van der Waals surface area contributed by atoms with Crippen LogP contribution in [-0.2, 0) is 6.54 Å². The molecule has 1 saturated heterocycles. The maximum Gasteiger partial charge on any atom is 0.254 e. The van der Waals surface area contributed by atoms with Gasteiger partial charge in [0, 0.05) is 62.9 Å². The summed E-state index contributed by atoms with van der Waals surface area (Å²) in [6.45, 7) is 5.54. The van der Waals surface area contributed by atoms with Gasteiger partial charge in [0.05, 0.1) is 18.3 Å². The summed E-state index contributed by atoms with van der Waals surface area (Å²) in [5.41, 5.74) is 1.52. The Balaban J connectivity index is 1.20. The molecule has 1 aromatic carbocycles. The Morgan fingerprint density at radius 2 is 1.83 bits per heavy atom. The Morgan fingerprint density at radius 3 is 2.60 bits per heavy atom. The lowest BCUT2D eigenvalue weighted by atomic mass is 10.2. The number of anilines is 1. The number of aromatic nitrogens is 4. The van der Waals surface area contributed by atoms with E-state index in [1.54, 1.807) is 29.5 Å². The quantitative estimate of drug-likeness (QED) is 0.623. The van der Waals surface area contributed by atoms with Crippen LogP contribution in [0.2, 0.25) is 5.02 Å². The van der Waals surface area contributed by atoms with E-state index >= 15 is 0 Å². The van der Waals surface area contributed by atoms with Gasteiger partial charge in [-0.25, -0.2) is 9.97 Å². The molecule has 3 heterocycles. The van der Waals surface area contributed by atoms with E-state index < -0.39 is 0 Å². The second kappa shape index (κ2) is 9.69. The summed E-state index contributed by atoms with van der Waals surface area (Å²) in [6.07, 6.45) is 6.86. The lowest BCUT2D eigenvalue weighted by Crippen LogP contribution is -2.49. The van der Waals surface area contributed by atoms with Gasteiger partial charge in [0.1, 0.15) is 0 Å². The van der Waals surface area contributed by atoms with Gasteiger partial charge in [-0.15, -0.1) is 0 Å². The molecule has 0 aliphatic carbocycles. The lowest BCUT2D eigenvalue weighted by Gasteiger charge is -2.34. The number of nitrogens with one attached hydrogen (secondary N) is 1. The molecule has 0 spiro atoms. The molecule has 156 valence electrons. The van der Waals surface area contributed by atoms with Crippen molar-refractivity contribution in [2.45, 2.75) is 6.54 Å². The normalized spacial score (nSPS) is 14.6. The van der Waals surface area contributed by atoms with Gasteiger partial charge in [-0.2, -0.15) is 5.10 Å². The van der Waals surface area contributed by atoms with Crippen molar-refractivity contribution in [3.63, 3.8) is 0 Å². The molecule has 1 aliphatic rings. The van der Waals surface area contributed by atoms with Crippen LogP contribution in [0.25, 0.3) is 0 Å². The second-order valence-electron chi connectivity index (χ2n) is 7.15. The van der Waals surface area contributed by atoms with Crippen LogP contribution in [0.4, 0.5) is 5.95 Å². The molecule has 1 N–H and O–H groups in total. The van der Waals surface area contributed by atoms with Crippen molar-refractivity contribution in [1.82, 2.24) is 30.0 Å². The molecule has 0 unspecified atom stereocenters. The highest BCUT2D eigenvalue weighted by molar-refractivity contribution is 6.31. The first-order valence-electron chi connectivity index (χ1n) is 9.97. The first-order valence-corrected chi connectivity index (χ1v) is 10.4. The molecule has 8 nitrogen and oxygen atoms in total. The first-order chi connectivity index (χ1) is 14.7. The third kappa shape index (κ3) is 5.14. The fourth-order valence-corrected chi connectivity index (χ4v) is 3.62. The number of carbonyl (C=O) groups excluding carboxylic acids is 1. The van der Waals surface area contributed by atoms with Gasteiger partial charge >= 0.3 is 0 Å². The van der Waals surface area contributed by atoms with Crippen molar-refractivity contribution in [2.75, 3.05) is 44.2 Å². The van der Waals surface area contributed by atoms with Gasteiger partial charge in [0.15, 0.2) is 0 Å². The fraction of sp³-hybridized carbons (Fsp3) is 0.333. The van der Waals surface area contributed by atoms with Crippen LogP contribution in [0.3, 0.4) is 0 Å². The molecule has 1 fully saturated rings. The van der Waals surface area contributed by atoms with E-state index in [0.29, 0.717) is 23.7 Å². The summed E-state index contributed by atoms with van der Waals surface area (Å²) in [4.78, 5) is 25.5. The van der Waals surface area contributed by atoms with E-state index in [4.69, 9.17) is 11.6 Å². The zero-order valence-electron chi connectivity index (χ0n) is 16.6. The minimum Gasteiger partial charge on any atom is -0.351 e. The average Bonchev–Trinajstić information content (AvgIpc) is 3.25. The molecule has 30 heavy (non-hydrogen) atoms. The number of nitrogens with zero attached hydrogens (tertiary/aromatic N) is 6. The minimum atomic E-state index is -0.114. The molecule has 9 heteroatoms. The number of hydrogen-bond donors (Lipinski definition) is 1. The minimum absolute atomic E-state index is 0.114. The van der Waals surface area contributed by atoms with Crippen LogP contribution >= 0.6 is 11.6 Å². The second-order valence-corrected chi connectivity index (χ2v) is 7.56. The lowest BCUT2D eigenvalue weighted by molar-refractivity contribution is 0.0947. The van der Waals surface area contributed by atoms with Crippen molar-refractivity contribution in [1.29, 1.82) is 0 Å². The summed E-state index contributed by atoms with van der Waals surface area (Å²) in [5.74, 6) is 0.663. The topological polar surface area (TPSA) is 79.2 Å². The Labute approximate surface area is 180 Å². The molecule has 0 atom stereocenters. The zero-order chi connectivity index (χ0) is 20.8. The predicted molar refractivity (Wildman–Crippen MR) is 116 cm³/mol. The molecule has 0 saturated carbocycles. The van der Waals surface area contributed by atoms with Crippen LogP contribution in [0.15, 0.2) is 55.1 Å². The Hall–Kier alpha value is -2.97. The maximum atomic E-state index is 12.4. The standard InChI is InChI=1S/C21H24ClN7O/c22-19-5-2-1-4-17(19)15-29-16-18(14-26-29)20(30)23-8-9-27-10-12-28(13-11-27)21-24-6-3-7-25-21/h1-7,14,16H,8-13,15H2,(H,23,30). The van der Waals surface area contributed by atoms with Gasteiger partial charge in [-0.3, -0.25) is 14.4 Å². The number of hydrogen-bond acceptors (Lipinski definition) is 6. The van der Waals surface area contributed by atoms with Crippen molar-refractivity contribution in [3.05, 3.63) is 71.3 Å². The molecule has 0 radical (unpaired) electrons. The van der Waals surface area contributed by atoms with Crippen molar-refractivity contribution >= 4 is 23.5 Å². The van der Waals surface area contributed by atoms with Crippen LogP contribution < -0.4 is 10.2 Å². The van der Waals surface area contributed by atoms with Gasteiger partial charge < -0.3 is 10.2 Å². The van der Waals surface area contributed by atoms with E-state index in [1.807, 2.05) is 30.3 Å². The van der Waals surface area contributed by atoms with Crippen molar-refractivity contribution in [3.8, 4) is 0 Å². The van der Waals surface area contributed by atoms with Crippen molar-refractivity contribution in [2.24, 2.45) is 0 Å². The van der Waals surface area contributed by atoms with E-state index in [1.165, 1.54) is 0 Å². The fourth-order valence-electron chi connectivity index (χ4n) is 3.42. The van der Waals surface area contributed by atoms with Crippen LogP contribution in [0.1, 0.15) is 15.9 Å². The van der Waals surface area contributed by atoms with E-state index in [2.05, 4.69) is 30.2 Å². The SMILES string of the molecule is O=C(NCCN1CCN(c2ncccn2)CC1)c1cnn(Cc2ccccc2Cl)c1. The molecule has 2 aromatic heterocycles. The van der Waals surface area contributed by atoms with Crippen LogP contribution in [-0.4, -0.2) is 69.8 Å². The summed E-state index contributed by atoms with van der Waals surface area (Å²) in [7, 11) is 0. The predicted octanol–water partition coefficient (Wildman–Crippen LogP) is 1.93. The van der Waals surface area contributed by atoms with E-state index in [-0.39, 0.29) is 5.91 Å². The number of carbonyl (C=O) groups is 1. The Bertz CT molecular complexity index is 970. The number of benzene rings is 1. The first kappa shape index (κ1) is 20.3. The Morgan fingerprint density at radius 1 is 1.07 bits per heavy atom. The van der Waals surface area contributed by atoms with Crippen LogP contribution in [0, 0.1) is 0 Å². The third-order valence-electron chi connectivity index (χ3n) is 5.11. The molecule has 3 aromatic rings. The smallest absolute Gasteiger partial charge is 0.254 e. The highest BCUT2D eigenvalue weighted by Gasteiger charge is 2.18. The van der Waals surface area contributed by atoms with E-state index in [0.717, 1.165) is 44.2 Å². The Kier molecular flexibility index (Phi) is 6.56. The number of piperazine rings is 1. The molecule has 0 bridgehead atoms. The molecule has 1 amide bonds. The molecule has 1 aliphatic heterocycles. The van der Waals surface area contributed by atoms with Gasteiger partial charge in [-0.1, -0.05) is 29.8 Å². The average molecular weight is 426 g/mol. The third-order valence-corrected chi connectivity index (χ3v) is 5.48. The largest absolute Gasteiger partial charge is 0.351 e. The summed E-state index contributed by atoms with van der Waals surface area (Å²) in [6, 6.07) is 9.45. The maximum absolute atomic E-state index is 12.4. The summed E-state index contributed by atoms with van der Waals surface area (Å²) >= 11 is 6.19. The summed E-state index contributed by atoms with van der Waals surface area (Å²) < 4.78 is 1.72. The van der Waals surface area contributed by atoms with Crippen LogP contribution in [0.5, 0.6) is 0 Å². The van der Waals surface area contributed by atoms with Crippen molar-refractivity contribution < 1.29 is 4.79 Å². The number of rotatable bonds is 7. The molecular formula is C21H24ClN7O. The number of amides is 1. The highest BCUT2D eigenvalue weighted by Crippen LogP contribution is 2.16. The number of halogens is 1. The molecular weight excluding hydrogens is 402 g/mol. The summed E-state index contributed by atoms with van der Waals surface area (Å²) in [5, 5.41) is 7.95. The monoisotopic (exact) mass is 425 g/mol. The van der Waals surface area contributed by atoms with Gasteiger partial charge in [-0.05, 0) is 17.7 Å².